The van der Waals surface area contributed by atoms with E-state index < -0.39 is 10.0 Å². The molecule has 0 bridgehead atoms. The summed E-state index contributed by atoms with van der Waals surface area (Å²) in [4.78, 5) is 4.63. The molecule has 0 radical (unpaired) electrons. The van der Waals surface area contributed by atoms with Crippen molar-refractivity contribution in [2.24, 2.45) is 0 Å². The number of para-hydroxylation sites is 1. The molecule has 1 N–H and O–H groups in total. The summed E-state index contributed by atoms with van der Waals surface area (Å²) in [6.45, 7) is 7.57. The van der Waals surface area contributed by atoms with Crippen LogP contribution >= 0.6 is 11.6 Å². The maximum absolute atomic E-state index is 12.1. The fourth-order valence-electron chi connectivity index (χ4n) is 2.45. The molecule has 1 aliphatic heterocycles. The quantitative estimate of drug-likeness (QED) is 0.889. The van der Waals surface area contributed by atoms with Gasteiger partial charge in [-0.25, -0.2) is 13.1 Å². The van der Waals surface area contributed by atoms with Gasteiger partial charge in [0.25, 0.3) is 0 Å². The van der Waals surface area contributed by atoms with E-state index in [9.17, 15) is 8.42 Å². The third-order valence-electron chi connectivity index (χ3n) is 3.53. The molecule has 1 heterocycles. The van der Waals surface area contributed by atoms with Crippen LogP contribution in [0.4, 0.5) is 5.69 Å². The molecule has 116 valence electrons. The number of sulfonamides is 1. The van der Waals surface area contributed by atoms with Crippen LogP contribution in [0, 0.1) is 0 Å². The Bertz CT molecular complexity index is 610. The van der Waals surface area contributed by atoms with E-state index in [0.717, 1.165) is 31.9 Å². The van der Waals surface area contributed by atoms with Gasteiger partial charge >= 0.3 is 0 Å². The second-order valence-corrected chi connectivity index (χ2v) is 7.35. The maximum atomic E-state index is 12.1. The number of halogens is 1. The molecule has 0 unspecified atom stereocenters. The number of hydrogen-bond acceptors (Lipinski definition) is 4. The zero-order valence-corrected chi connectivity index (χ0v) is 13.6. The molecular formula is C14H20ClN3O2S. The molecule has 0 aliphatic carbocycles. The van der Waals surface area contributed by atoms with Crippen LogP contribution in [0.5, 0.6) is 0 Å². The van der Waals surface area contributed by atoms with Gasteiger partial charge in [-0.3, -0.25) is 4.90 Å². The zero-order chi connectivity index (χ0) is 15.5. The lowest BCUT2D eigenvalue weighted by Gasteiger charge is -2.36. The summed E-state index contributed by atoms with van der Waals surface area (Å²) in [6.07, 6.45) is 0. The highest BCUT2D eigenvalue weighted by Gasteiger charge is 2.23. The van der Waals surface area contributed by atoms with Crippen molar-refractivity contribution in [3.05, 3.63) is 35.9 Å². The Hall–Kier alpha value is -1.08. The van der Waals surface area contributed by atoms with Crippen LogP contribution in [0.3, 0.4) is 0 Å². The minimum absolute atomic E-state index is 0.322. The van der Waals surface area contributed by atoms with Crippen LogP contribution in [0.2, 0.25) is 0 Å². The van der Waals surface area contributed by atoms with Gasteiger partial charge in [0.05, 0.1) is 5.69 Å². The first-order chi connectivity index (χ1) is 9.94. The smallest absolute Gasteiger partial charge is 0.242 e. The number of hydrogen-bond donors (Lipinski definition) is 1. The predicted molar refractivity (Wildman–Crippen MR) is 86.3 cm³/mol. The lowest BCUT2D eigenvalue weighted by molar-refractivity contribution is 0.282. The molecule has 1 fully saturated rings. The highest BCUT2D eigenvalue weighted by atomic mass is 35.5. The summed E-state index contributed by atoms with van der Waals surface area (Å²) in [5.74, 6) is 0. The molecule has 21 heavy (non-hydrogen) atoms. The van der Waals surface area contributed by atoms with Gasteiger partial charge in [0.2, 0.25) is 10.0 Å². The van der Waals surface area contributed by atoms with Crippen LogP contribution in [-0.2, 0) is 10.0 Å². The van der Waals surface area contributed by atoms with Crippen LogP contribution in [0.25, 0.3) is 0 Å². The molecular weight excluding hydrogens is 310 g/mol. The van der Waals surface area contributed by atoms with Gasteiger partial charge in [-0.1, -0.05) is 30.3 Å². The Morgan fingerprint density at radius 3 is 2.48 bits per heavy atom. The third kappa shape index (κ3) is 3.97. The van der Waals surface area contributed by atoms with Crippen molar-refractivity contribution in [2.75, 3.05) is 44.7 Å². The standard InChI is InChI=1S/C14H20ClN3O2S/c1-12(15)11-17-7-9-18(10-8-17)13-5-3-4-6-14(13)21(19,20)16-2/h3-6,16H,1,7-11H2,2H3. The summed E-state index contributed by atoms with van der Waals surface area (Å²) in [7, 11) is -2.02. The summed E-state index contributed by atoms with van der Waals surface area (Å²) in [5.41, 5.74) is 0.746. The number of anilines is 1. The number of nitrogens with one attached hydrogen (secondary N) is 1. The molecule has 1 saturated heterocycles. The Labute approximate surface area is 131 Å². The molecule has 0 spiro atoms. The van der Waals surface area contributed by atoms with E-state index in [4.69, 9.17) is 11.6 Å². The van der Waals surface area contributed by atoms with E-state index >= 15 is 0 Å². The van der Waals surface area contributed by atoms with Crippen molar-refractivity contribution in [2.45, 2.75) is 4.90 Å². The van der Waals surface area contributed by atoms with Crippen molar-refractivity contribution in [3.63, 3.8) is 0 Å². The average Bonchev–Trinajstić information content (AvgIpc) is 2.47. The Morgan fingerprint density at radius 2 is 1.90 bits per heavy atom. The largest absolute Gasteiger partial charge is 0.368 e. The molecule has 5 nitrogen and oxygen atoms in total. The average molecular weight is 330 g/mol. The normalized spacial score (nSPS) is 17.0. The molecule has 0 aromatic heterocycles. The minimum atomic E-state index is -3.45. The Morgan fingerprint density at radius 1 is 1.29 bits per heavy atom. The minimum Gasteiger partial charge on any atom is -0.368 e. The maximum Gasteiger partial charge on any atom is 0.242 e. The zero-order valence-electron chi connectivity index (χ0n) is 12.0. The number of piperazine rings is 1. The lowest BCUT2D eigenvalue weighted by atomic mass is 10.2. The van der Waals surface area contributed by atoms with E-state index in [1.165, 1.54) is 7.05 Å². The van der Waals surface area contributed by atoms with Gasteiger partial charge in [0.15, 0.2) is 0 Å². The molecule has 1 aromatic carbocycles. The van der Waals surface area contributed by atoms with Crippen molar-refractivity contribution < 1.29 is 8.42 Å². The molecule has 1 aromatic rings. The van der Waals surface area contributed by atoms with Gasteiger partial charge in [0, 0.05) is 37.8 Å². The second kappa shape index (κ2) is 6.79. The van der Waals surface area contributed by atoms with Crippen molar-refractivity contribution in [1.82, 2.24) is 9.62 Å². The first kappa shape index (κ1) is 16.3. The van der Waals surface area contributed by atoms with Crippen LogP contribution in [0.1, 0.15) is 0 Å². The monoisotopic (exact) mass is 329 g/mol. The fourth-order valence-corrected chi connectivity index (χ4v) is 3.56. The summed E-state index contributed by atoms with van der Waals surface area (Å²) >= 11 is 5.83. The van der Waals surface area contributed by atoms with Crippen molar-refractivity contribution in [3.8, 4) is 0 Å². The van der Waals surface area contributed by atoms with E-state index in [0.29, 0.717) is 16.5 Å². The first-order valence-electron chi connectivity index (χ1n) is 6.77. The third-order valence-corrected chi connectivity index (χ3v) is 5.11. The van der Waals surface area contributed by atoms with E-state index in [2.05, 4.69) is 21.1 Å². The Balaban J connectivity index is 2.16. The second-order valence-electron chi connectivity index (χ2n) is 4.96. The van der Waals surface area contributed by atoms with Crippen LogP contribution in [0.15, 0.2) is 40.8 Å². The van der Waals surface area contributed by atoms with Crippen LogP contribution < -0.4 is 9.62 Å². The summed E-state index contributed by atoms with van der Waals surface area (Å²) < 4.78 is 26.6. The Kier molecular flexibility index (Phi) is 5.27. The highest BCUT2D eigenvalue weighted by Crippen LogP contribution is 2.25. The molecule has 7 heteroatoms. The van der Waals surface area contributed by atoms with E-state index in [-0.39, 0.29) is 0 Å². The highest BCUT2D eigenvalue weighted by molar-refractivity contribution is 7.89. The predicted octanol–water partition coefficient (Wildman–Crippen LogP) is 1.47. The van der Waals surface area contributed by atoms with Gasteiger partial charge in [-0.2, -0.15) is 0 Å². The van der Waals surface area contributed by atoms with Gasteiger partial charge in [-0.05, 0) is 19.2 Å². The van der Waals surface area contributed by atoms with Gasteiger partial charge in [0.1, 0.15) is 4.90 Å². The number of benzene rings is 1. The van der Waals surface area contributed by atoms with Gasteiger partial charge in [-0.15, -0.1) is 0 Å². The molecule has 2 rings (SSSR count). The van der Waals surface area contributed by atoms with E-state index in [1.54, 1.807) is 12.1 Å². The van der Waals surface area contributed by atoms with Gasteiger partial charge < -0.3 is 4.90 Å². The fraction of sp³-hybridized carbons (Fsp3) is 0.429. The summed E-state index contributed by atoms with van der Waals surface area (Å²) in [6, 6.07) is 7.08. The molecule has 0 atom stereocenters. The van der Waals surface area contributed by atoms with Crippen LogP contribution in [-0.4, -0.2) is 53.1 Å². The van der Waals surface area contributed by atoms with E-state index in [1.807, 2.05) is 12.1 Å². The lowest BCUT2D eigenvalue weighted by Crippen LogP contribution is -2.47. The summed E-state index contributed by atoms with van der Waals surface area (Å²) in [5, 5.41) is 0.626. The molecule has 1 aliphatic rings. The molecule has 0 saturated carbocycles. The van der Waals surface area contributed by atoms with Crippen molar-refractivity contribution in [1.29, 1.82) is 0 Å². The molecule has 0 amide bonds. The van der Waals surface area contributed by atoms with Crippen molar-refractivity contribution >= 4 is 27.3 Å². The first-order valence-corrected chi connectivity index (χ1v) is 8.63. The SMILES string of the molecule is C=C(Cl)CN1CCN(c2ccccc2S(=O)(=O)NC)CC1. The number of nitrogens with zero attached hydrogens (tertiary/aromatic N) is 2. The number of rotatable bonds is 5. The topological polar surface area (TPSA) is 52.7 Å².